The highest BCUT2D eigenvalue weighted by molar-refractivity contribution is 5.99. The molecule has 4 nitrogen and oxygen atoms in total. The summed E-state index contributed by atoms with van der Waals surface area (Å²) in [6.45, 7) is 7.98. The number of nitrogens with two attached hydrogens (primary N) is 1. The summed E-state index contributed by atoms with van der Waals surface area (Å²) in [6, 6.07) is 0. The number of hydrogen-bond acceptors (Lipinski definition) is 2. The summed E-state index contributed by atoms with van der Waals surface area (Å²) in [5, 5.41) is 0. The van der Waals surface area contributed by atoms with Crippen LogP contribution in [0, 0.1) is 5.92 Å². The molecule has 2 N–H and O–H groups in total. The monoisotopic (exact) mass is 523 g/mol. The van der Waals surface area contributed by atoms with Gasteiger partial charge in [-0.3, -0.25) is 9.59 Å². The van der Waals surface area contributed by atoms with Crippen LogP contribution in [-0.4, -0.2) is 29.8 Å². The Balaban J connectivity index is 4.04. The maximum absolute atomic E-state index is 13.0. The summed E-state index contributed by atoms with van der Waals surface area (Å²) < 4.78 is 0. The van der Waals surface area contributed by atoms with Crippen LogP contribution in [0.25, 0.3) is 0 Å². The van der Waals surface area contributed by atoms with E-state index >= 15 is 0 Å². The molecule has 0 bridgehead atoms. The summed E-state index contributed by atoms with van der Waals surface area (Å²) in [7, 11) is 0. The largest absolute Gasteiger partial charge is 0.369 e. The molecule has 0 aromatic heterocycles. The number of nitrogens with zero attached hydrogens (tertiary/aromatic N) is 1. The number of rotatable bonds is 29. The average Bonchev–Trinajstić information content (AvgIpc) is 2.88. The fourth-order valence-electron chi connectivity index (χ4n) is 5.34. The summed E-state index contributed by atoms with van der Waals surface area (Å²) in [5.41, 5.74) is 5.54. The molecule has 0 aliphatic heterocycles. The van der Waals surface area contributed by atoms with Crippen molar-refractivity contribution in [2.75, 3.05) is 13.1 Å². The summed E-state index contributed by atoms with van der Waals surface area (Å²) in [5.74, 6) is -1.17. The first-order chi connectivity index (χ1) is 18.1. The number of hydrogen-bond donors (Lipinski definition) is 1. The van der Waals surface area contributed by atoms with Crippen LogP contribution in [0.2, 0.25) is 0 Å². The Kier molecular flexibility index (Phi) is 27.2. The molecule has 4 heteroatoms. The Bertz CT molecular complexity index is 481. The molecule has 0 heterocycles. The molecule has 0 fully saturated rings. The molecule has 0 aliphatic rings. The molecule has 0 rings (SSSR count). The van der Waals surface area contributed by atoms with Gasteiger partial charge >= 0.3 is 0 Å². The van der Waals surface area contributed by atoms with Crippen LogP contribution in [0.3, 0.4) is 0 Å². The third-order valence-electron chi connectivity index (χ3n) is 7.92. The molecule has 2 amide bonds. The summed E-state index contributed by atoms with van der Waals surface area (Å²) >= 11 is 0. The van der Waals surface area contributed by atoms with Gasteiger partial charge in [0.05, 0.1) is 0 Å². The SMILES string of the molecule is CCCCCCCCCCCCCCN(CCCCCCCCCCCCCC)C(=O)C(CC)C(N)=O. The molecular weight excluding hydrogens is 456 g/mol. The molecule has 0 aromatic carbocycles. The smallest absolute Gasteiger partial charge is 0.235 e. The zero-order valence-corrected chi connectivity index (χ0v) is 25.5. The van der Waals surface area contributed by atoms with Gasteiger partial charge in [-0.1, -0.05) is 162 Å². The van der Waals surface area contributed by atoms with E-state index in [0.717, 1.165) is 25.9 Å². The van der Waals surface area contributed by atoms with Gasteiger partial charge in [0.1, 0.15) is 5.92 Å². The fourth-order valence-corrected chi connectivity index (χ4v) is 5.34. The first-order valence-electron chi connectivity index (χ1n) is 16.7. The van der Waals surface area contributed by atoms with E-state index < -0.39 is 11.8 Å². The molecular formula is C33H66N2O2. The molecule has 0 radical (unpaired) electrons. The standard InChI is InChI=1S/C33H66N2O2/c1-4-7-9-11-13-15-17-19-21-23-25-27-29-35(33(37)31(6-3)32(34)36)30-28-26-24-22-20-18-16-14-12-10-8-5-2/h31H,4-30H2,1-3H3,(H2,34,36). The lowest BCUT2D eigenvalue weighted by molar-refractivity contribution is -0.141. The third-order valence-corrected chi connectivity index (χ3v) is 7.92. The van der Waals surface area contributed by atoms with Crippen molar-refractivity contribution in [2.45, 2.75) is 181 Å². The lowest BCUT2D eigenvalue weighted by Gasteiger charge is -2.26. The number of primary amides is 1. The van der Waals surface area contributed by atoms with Gasteiger partial charge in [-0.05, 0) is 19.3 Å². The number of unbranched alkanes of at least 4 members (excludes halogenated alkanes) is 22. The van der Waals surface area contributed by atoms with Gasteiger partial charge < -0.3 is 10.6 Å². The van der Waals surface area contributed by atoms with Crippen molar-refractivity contribution >= 4 is 11.8 Å². The van der Waals surface area contributed by atoms with Crippen molar-refractivity contribution in [1.82, 2.24) is 4.90 Å². The van der Waals surface area contributed by atoms with Gasteiger partial charge in [0, 0.05) is 13.1 Å². The second-order valence-electron chi connectivity index (χ2n) is 11.5. The first kappa shape index (κ1) is 35.9. The Morgan fingerprint density at radius 2 is 0.757 bits per heavy atom. The van der Waals surface area contributed by atoms with Crippen molar-refractivity contribution in [3.05, 3.63) is 0 Å². The Labute approximate surface area is 232 Å². The highest BCUT2D eigenvalue weighted by Crippen LogP contribution is 2.16. The lowest BCUT2D eigenvalue weighted by Crippen LogP contribution is -2.42. The van der Waals surface area contributed by atoms with Gasteiger partial charge in [-0.25, -0.2) is 0 Å². The van der Waals surface area contributed by atoms with Crippen molar-refractivity contribution < 1.29 is 9.59 Å². The predicted octanol–water partition coefficient (Wildman–Crippen LogP) is 9.73. The minimum Gasteiger partial charge on any atom is -0.369 e. The second kappa shape index (κ2) is 28.0. The number of amides is 2. The van der Waals surface area contributed by atoms with E-state index in [-0.39, 0.29) is 5.91 Å². The van der Waals surface area contributed by atoms with Gasteiger partial charge in [-0.15, -0.1) is 0 Å². The first-order valence-corrected chi connectivity index (χ1v) is 16.7. The minimum atomic E-state index is -0.658. The topological polar surface area (TPSA) is 63.4 Å². The van der Waals surface area contributed by atoms with Gasteiger partial charge in [0.15, 0.2) is 0 Å². The number of carbonyl (C=O) groups is 2. The van der Waals surface area contributed by atoms with E-state index in [2.05, 4.69) is 13.8 Å². The van der Waals surface area contributed by atoms with Gasteiger partial charge in [0.25, 0.3) is 0 Å². The molecule has 0 saturated carbocycles. The molecule has 0 aliphatic carbocycles. The van der Waals surface area contributed by atoms with E-state index in [9.17, 15) is 9.59 Å². The van der Waals surface area contributed by atoms with Crippen LogP contribution < -0.4 is 5.73 Å². The number of carbonyl (C=O) groups excluding carboxylic acids is 2. The molecule has 220 valence electrons. The Morgan fingerprint density at radius 1 is 0.486 bits per heavy atom. The van der Waals surface area contributed by atoms with E-state index in [1.165, 1.54) is 141 Å². The Hall–Kier alpha value is -1.06. The van der Waals surface area contributed by atoms with Crippen LogP contribution in [0.15, 0.2) is 0 Å². The Morgan fingerprint density at radius 3 is 1.00 bits per heavy atom. The third kappa shape index (κ3) is 22.6. The van der Waals surface area contributed by atoms with Gasteiger partial charge in [0.2, 0.25) is 11.8 Å². The lowest BCUT2D eigenvalue weighted by atomic mass is 10.0. The van der Waals surface area contributed by atoms with Crippen LogP contribution in [0.1, 0.15) is 181 Å². The van der Waals surface area contributed by atoms with Crippen LogP contribution >= 0.6 is 0 Å². The normalized spacial score (nSPS) is 12.1. The van der Waals surface area contributed by atoms with E-state index in [4.69, 9.17) is 5.73 Å². The van der Waals surface area contributed by atoms with Crippen molar-refractivity contribution in [3.8, 4) is 0 Å². The zero-order chi connectivity index (χ0) is 27.4. The highest BCUT2D eigenvalue weighted by atomic mass is 16.2. The second-order valence-corrected chi connectivity index (χ2v) is 11.5. The van der Waals surface area contributed by atoms with E-state index in [1.807, 2.05) is 11.8 Å². The van der Waals surface area contributed by atoms with Crippen LogP contribution in [0.4, 0.5) is 0 Å². The molecule has 0 spiro atoms. The van der Waals surface area contributed by atoms with Crippen molar-refractivity contribution in [3.63, 3.8) is 0 Å². The molecule has 1 unspecified atom stereocenters. The predicted molar refractivity (Wildman–Crippen MR) is 162 cm³/mol. The quantitative estimate of drug-likeness (QED) is 0.0784. The molecule has 1 atom stereocenters. The van der Waals surface area contributed by atoms with Crippen LogP contribution in [0.5, 0.6) is 0 Å². The van der Waals surface area contributed by atoms with Gasteiger partial charge in [-0.2, -0.15) is 0 Å². The van der Waals surface area contributed by atoms with Crippen molar-refractivity contribution in [1.29, 1.82) is 0 Å². The summed E-state index contributed by atoms with van der Waals surface area (Å²) in [6.07, 6.45) is 32.1. The van der Waals surface area contributed by atoms with E-state index in [1.54, 1.807) is 0 Å². The maximum Gasteiger partial charge on any atom is 0.235 e. The average molecular weight is 523 g/mol. The minimum absolute atomic E-state index is 0.0406. The molecule has 0 saturated heterocycles. The molecule has 0 aromatic rings. The van der Waals surface area contributed by atoms with Crippen molar-refractivity contribution in [2.24, 2.45) is 11.7 Å². The zero-order valence-electron chi connectivity index (χ0n) is 25.5. The highest BCUT2D eigenvalue weighted by Gasteiger charge is 2.26. The molecule has 37 heavy (non-hydrogen) atoms. The summed E-state index contributed by atoms with van der Waals surface area (Å²) in [4.78, 5) is 26.8. The van der Waals surface area contributed by atoms with Crippen LogP contribution in [-0.2, 0) is 9.59 Å². The van der Waals surface area contributed by atoms with E-state index in [0.29, 0.717) is 6.42 Å². The maximum atomic E-state index is 13.0. The fraction of sp³-hybridized carbons (Fsp3) is 0.939.